The molecule has 4 rings (SSSR count). The largest absolute Gasteiger partial charge is 0.504 e. The Morgan fingerprint density at radius 1 is 1.21 bits per heavy atom. The van der Waals surface area contributed by atoms with Gasteiger partial charge in [-0.05, 0) is 12.1 Å². The number of carbonyl (C=O) groups is 1. The van der Waals surface area contributed by atoms with Crippen LogP contribution in [0.2, 0.25) is 0 Å². The number of primary amides is 1. The van der Waals surface area contributed by atoms with Crippen LogP contribution in [0.3, 0.4) is 0 Å². The number of hydrogen-bond donors (Lipinski definition) is 4. The Labute approximate surface area is 161 Å². The van der Waals surface area contributed by atoms with Gasteiger partial charge in [-0.3, -0.25) is 5.43 Å². The van der Waals surface area contributed by atoms with E-state index in [0.717, 1.165) is 5.56 Å². The molecule has 2 heterocycles. The minimum Gasteiger partial charge on any atom is -0.504 e. The zero-order chi connectivity index (χ0) is 19.8. The number of phenolic OH excluding ortho intramolecular Hbond substituents is 1. The lowest BCUT2D eigenvalue weighted by molar-refractivity contribution is 0.0687. The van der Waals surface area contributed by atoms with Crippen molar-refractivity contribution in [2.24, 2.45) is 11.7 Å². The third-order valence-corrected chi connectivity index (χ3v) is 5.02. The summed E-state index contributed by atoms with van der Waals surface area (Å²) in [6.07, 6.45) is -0.601. The van der Waals surface area contributed by atoms with Crippen molar-refractivity contribution >= 4 is 6.03 Å². The van der Waals surface area contributed by atoms with Crippen LogP contribution >= 0.6 is 0 Å². The molecule has 2 aliphatic heterocycles. The molecule has 148 valence electrons. The average Bonchev–Trinajstić information content (AvgIpc) is 3.13. The van der Waals surface area contributed by atoms with Crippen molar-refractivity contribution in [1.82, 2.24) is 10.9 Å². The normalized spacial score (nSPS) is 22.1. The van der Waals surface area contributed by atoms with Gasteiger partial charge < -0.3 is 29.8 Å². The van der Waals surface area contributed by atoms with Crippen molar-refractivity contribution in [3.63, 3.8) is 0 Å². The van der Waals surface area contributed by atoms with Gasteiger partial charge in [0, 0.05) is 29.0 Å². The van der Waals surface area contributed by atoms with Crippen molar-refractivity contribution in [2.45, 2.75) is 19.1 Å². The lowest BCUT2D eigenvalue weighted by Gasteiger charge is -2.38. The summed E-state index contributed by atoms with van der Waals surface area (Å²) in [5.41, 5.74) is 11.8. The van der Waals surface area contributed by atoms with Crippen molar-refractivity contribution in [2.75, 3.05) is 13.9 Å². The highest BCUT2D eigenvalue weighted by Gasteiger charge is 2.39. The van der Waals surface area contributed by atoms with E-state index in [4.69, 9.17) is 24.7 Å². The number of para-hydroxylation sites is 1. The third-order valence-electron chi connectivity index (χ3n) is 5.02. The number of urea groups is 1. The summed E-state index contributed by atoms with van der Waals surface area (Å²) in [5, 5.41) is 10.8. The van der Waals surface area contributed by atoms with Gasteiger partial charge in [0.05, 0.1) is 7.11 Å². The standard InChI is InChI=1S/C19H21N3O6/c1-9-16(10-4-3-5-12(25-2)17(10)23)11-6-14-15(27-8-26-14)7-13(11)28-18(9)21-22-19(20)24/h3-7,9,16,18,21,23H,8H2,1-2H3,(H3,20,22,24)/t9-,16-,18+/m1/s1. The molecule has 2 aromatic carbocycles. The minimum atomic E-state index is -0.729. The van der Waals surface area contributed by atoms with Gasteiger partial charge >= 0.3 is 6.03 Å². The molecule has 0 spiro atoms. The SMILES string of the molecule is COc1cccc([C@@H]2c3cc4c(cc3O[C@H](NNC(N)=O)[C@@H]2C)OCO4)c1O. The number of ether oxygens (including phenoxy) is 4. The van der Waals surface area contributed by atoms with Crippen LogP contribution in [0.5, 0.6) is 28.7 Å². The van der Waals surface area contributed by atoms with E-state index in [0.29, 0.717) is 28.6 Å². The van der Waals surface area contributed by atoms with Gasteiger partial charge in [0.2, 0.25) is 6.79 Å². The van der Waals surface area contributed by atoms with Crippen LogP contribution in [0.1, 0.15) is 24.0 Å². The molecule has 9 heteroatoms. The first-order chi connectivity index (χ1) is 13.5. The Kier molecular flexibility index (Phi) is 4.52. The molecule has 0 unspecified atom stereocenters. The van der Waals surface area contributed by atoms with Gasteiger partial charge in [0.15, 0.2) is 29.2 Å². The number of aromatic hydroxyl groups is 1. The van der Waals surface area contributed by atoms with Gasteiger partial charge in [0.25, 0.3) is 0 Å². The van der Waals surface area contributed by atoms with Crippen molar-refractivity contribution in [1.29, 1.82) is 0 Å². The topological polar surface area (TPSA) is 124 Å². The summed E-state index contributed by atoms with van der Waals surface area (Å²) in [5.74, 6) is 1.69. The first-order valence-corrected chi connectivity index (χ1v) is 8.76. The number of benzene rings is 2. The molecule has 5 N–H and O–H groups in total. The van der Waals surface area contributed by atoms with Gasteiger partial charge in [-0.1, -0.05) is 19.1 Å². The van der Waals surface area contributed by atoms with Crippen LogP contribution in [0, 0.1) is 5.92 Å². The van der Waals surface area contributed by atoms with E-state index in [9.17, 15) is 9.90 Å². The van der Waals surface area contributed by atoms with Gasteiger partial charge in [-0.25, -0.2) is 4.79 Å². The number of hydrogen-bond acceptors (Lipinski definition) is 7. The third kappa shape index (κ3) is 2.99. The van der Waals surface area contributed by atoms with Crippen LogP contribution in [0.25, 0.3) is 0 Å². The number of methoxy groups -OCH3 is 1. The summed E-state index contributed by atoms with van der Waals surface area (Å²) >= 11 is 0. The number of phenols is 1. The van der Waals surface area contributed by atoms with Crippen molar-refractivity contribution in [3.05, 3.63) is 41.5 Å². The Bertz CT molecular complexity index is 919. The second kappa shape index (κ2) is 7.01. The molecular weight excluding hydrogens is 366 g/mol. The quantitative estimate of drug-likeness (QED) is 0.590. The average molecular weight is 387 g/mol. The van der Waals surface area contributed by atoms with Gasteiger partial charge in [-0.2, -0.15) is 5.43 Å². The predicted molar refractivity (Wildman–Crippen MR) is 98.5 cm³/mol. The number of hydrazine groups is 1. The lowest BCUT2D eigenvalue weighted by Crippen LogP contribution is -2.54. The number of nitrogens with two attached hydrogens (primary N) is 1. The van der Waals surface area contributed by atoms with Crippen LogP contribution in [-0.2, 0) is 0 Å². The number of rotatable bonds is 4. The fourth-order valence-corrected chi connectivity index (χ4v) is 3.70. The maximum atomic E-state index is 11.1. The van der Waals surface area contributed by atoms with E-state index in [-0.39, 0.29) is 24.4 Å². The Balaban J connectivity index is 1.82. The fourth-order valence-electron chi connectivity index (χ4n) is 3.70. The molecule has 28 heavy (non-hydrogen) atoms. The van der Waals surface area contributed by atoms with Gasteiger partial charge in [0.1, 0.15) is 5.75 Å². The Hall–Kier alpha value is -3.33. The molecule has 0 aromatic heterocycles. The summed E-state index contributed by atoms with van der Waals surface area (Å²) in [7, 11) is 1.50. The highest BCUT2D eigenvalue weighted by molar-refractivity contribution is 5.71. The van der Waals surface area contributed by atoms with E-state index in [1.165, 1.54) is 7.11 Å². The second-order valence-electron chi connectivity index (χ2n) is 6.65. The lowest BCUT2D eigenvalue weighted by atomic mass is 9.78. The Morgan fingerprint density at radius 3 is 2.68 bits per heavy atom. The first-order valence-electron chi connectivity index (χ1n) is 8.76. The summed E-state index contributed by atoms with van der Waals surface area (Å²) in [4.78, 5) is 11.1. The molecule has 0 radical (unpaired) electrons. The zero-order valence-corrected chi connectivity index (χ0v) is 15.4. The molecule has 9 nitrogen and oxygen atoms in total. The van der Waals surface area contributed by atoms with E-state index in [1.54, 1.807) is 12.1 Å². The van der Waals surface area contributed by atoms with Crippen molar-refractivity contribution in [3.8, 4) is 28.7 Å². The van der Waals surface area contributed by atoms with E-state index in [2.05, 4.69) is 10.9 Å². The van der Waals surface area contributed by atoms with E-state index in [1.807, 2.05) is 25.1 Å². The highest BCUT2D eigenvalue weighted by Crippen LogP contribution is 2.51. The maximum Gasteiger partial charge on any atom is 0.326 e. The zero-order valence-electron chi connectivity index (χ0n) is 15.4. The molecule has 2 aromatic rings. The maximum absolute atomic E-state index is 11.1. The van der Waals surface area contributed by atoms with Crippen molar-refractivity contribution < 1.29 is 28.8 Å². The molecular formula is C19H21N3O6. The van der Waals surface area contributed by atoms with E-state index < -0.39 is 12.3 Å². The predicted octanol–water partition coefficient (Wildman–Crippen LogP) is 1.79. The highest BCUT2D eigenvalue weighted by atomic mass is 16.7. The van der Waals surface area contributed by atoms with Crippen LogP contribution in [-0.4, -0.2) is 31.3 Å². The molecule has 2 aliphatic rings. The van der Waals surface area contributed by atoms with Crippen LogP contribution in [0.4, 0.5) is 4.79 Å². The molecule has 0 bridgehead atoms. The number of fused-ring (bicyclic) bond motifs is 2. The van der Waals surface area contributed by atoms with E-state index >= 15 is 0 Å². The number of nitrogens with one attached hydrogen (secondary N) is 2. The monoisotopic (exact) mass is 387 g/mol. The number of amides is 2. The molecule has 2 amide bonds. The summed E-state index contributed by atoms with van der Waals surface area (Å²) in [6, 6.07) is 8.20. The Morgan fingerprint density at radius 2 is 1.96 bits per heavy atom. The summed E-state index contributed by atoms with van der Waals surface area (Å²) in [6.45, 7) is 2.07. The molecule has 3 atom stereocenters. The number of carbonyl (C=O) groups excluding carboxylic acids is 1. The first kappa shape index (κ1) is 18.1. The second-order valence-corrected chi connectivity index (χ2v) is 6.65. The molecule has 0 saturated heterocycles. The van der Waals surface area contributed by atoms with Crippen LogP contribution < -0.4 is 35.5 Å². The molecule has 0 saturated carbocycles. The minimum absolute atomic E-state index is 0.0500. The van der Waals surface area contributed by atoms with Crippen LogP contribution in [0.15, 0.2) is 30.3 Å². The molecule has 0 aliphatic carbocycles. The fraction of sp³-hybridized carbons (Fsp3) is 0.316. The summed E-state index contributed by atoms with van der Waals surface area (Å²) < 4.78 is 22.3. The smallest absolute Gasteiger partial charge is 0.326 e. The van der Waals surface area contributed by atoms with Gasteiger partial charge in [-0.15, -0.1) is 0 Å². The molecule has 0 fully saturated rings.